The van der Waals surface area contributed by atoms with Crippen molar-refractivity contribution in [3.8, 4) is 0 Å². The average molecular weight is 329 g/mol. The highest BCUT2D eigenvalue weighted by atomic mass is 32.2. The number of hydrogen-bond donors (Lipinski definition) is 1. The molecule has 0 spiro atoms. The molecule has 1 amide bonds. The molecule has 0 saturated carbocycles. The molecule has 2 N–H and O–H groups in total. The van der Waals surface area contributed by atoms with E-state index in [0.29, 0.717) is 17.6 Å². The van der Waals surface area contributed by atoms with E-state index in [2.05, 4.69) is 37.3 Å². The van der Waals surface area contributed by atoms with Crippen molar-refractivity contribution >= 4 is 36.0 Å². The number of carbonyl (C=O) groups is 1. The number of amides is 1. The van der Waals surface area contributed by atoms with Crippen molar-refractivity contribution in [3.05, 3.63) is 23.7 Å². The summed E-state index contributed by atoms with van der Waals surface area (Å²) < 4.78 is 0. The summed E-state index contributed by atoms with van der Waals surface area (Å²) in [6.45, 7) is 4.82. The first-order valence-electron chi connectivity index (χ1n) is 7.93. The van der Waals surface area contributed by atoms with Crippen LogP contribution in [-0.2, 0) is 4.79 Å². The first-order chi connectivity index (χ1) is 10.9. The van der Waals surface area contributed by atoms with E-state index in [-0.39, 0.29) is 11.9 Å². The van der Waals surface area contributed by atoms with Gasteiger partial charge in [-0.05, 0) is 19.3 Å². The number of aliphatic imine (C=N–C) groups is 2. The average Bonchev–Trinajstić information content (AvgIpc) is 3.03. The molecular weight excluding hydrogens is 307 g/mol. The number of carbonyl (C=O) groups excluding carboxylic acids is 1. The molecule has 121 valence electrons. The Kier molecular flexibility index (Phi) is 4.40. The highest BCUT2D eigenvalue weighted by Crippen LogP contribution is 2.39. The zero-order valence-corrected chi connectivity index (χ0v) is 14.6. The second-order valence-corrected chi connectivity index (χ2v) is 7.69. The monoisotopic (exact) mass is 329 g/mol. The lowest BCUT2D eigenvalue weighted by Gasteiger charge is -2.33. The van der Waals surface area contributed by atoms with Gasteiger partial charge in [0.2, 0.25) is 5.91 Å². The summed E-state index contributed by atoms with van der Waals surface area (Å²) in [5.74, 6) is 0.748. The Morgan fingerprint density at radius 1 is 1.52 bits per heavy atom. The van der Waals surface area contributed by atoms with Gasteiger partial charge in [-0.2, -0.15) is 0 Å². The molecule has 2 unspecified atom stereocenters. The molecule has 3 atom stereocenters. The lowest BCUT2D eigenvalue weighted by Crippen LogP contribution is -2.50. The molecule has 1 aliphatic carbocycles. The van der Waals surface area contributed by atoms with Crippen LogP contribution in [-0.4, -0.2) is 53.5 Å². The molecule has 1 radical (unpaired) electrons. The number of nitrogens with zero attached hydrogens (tertiary/aromatic N) is 3. The Bertz CT molecular complexity index is 642. The van der Waals surface area contributed by atoms with E-state index in [1.54, 1.807) is 18.8 Å². The molecule has 2 heterocycles. The van der Waals surface area contributed by atoms with Gasteiger partial charge in [0, 0.05) is 12.3 Å². The van der Waals surface area contributed by atoms with Gasteiger partial charge in [-0.25, -0.2) is 4.99 Å². The van der Waals surface area contributed by atoms with Crippen LogP contribution in [0.5, 0.6) is 0 Å². The minimum absolute atomic E-state index is 0.00452. The molecule has 0 fully saturated rings. The third-order valence-electron chi connectivity index (χ3n) is 4.70. The summed E-state index contributed by atoms with van der Waals surface area (Å²) in [6.07, 6.45) is 7.95. The van der Waals surface area contributed by atoms with Crippen LogP contribution in [0, 0.1) is 5.92 Å². The zero-order valence-electron chi connectivity index (χ0n) is 13.8. The van der Waals surface area contributed by atoms with Crippen molar-refractivity contribution in [1.82, 2.24) is 4.90 Å². The van der Waals surface area contributed by atoms with Crippen molar-refractivity contribution in [2.75, 3.05) is 13.6 Å². The van der Waals surface area contributed by atoms with Crippen LogP contribution in [0.4, 0.5) is 0 Å². The van der Waals surface area contributed by atoms with Gasteiger partial charge < -0.3 is 5.73 Å². The standard InChI is InChI=1S/C16H22BN4OS/c1-16(8-13(22)21(3)15(18)20-16)14-19-9-12(23-14)10-5-4-6-11(7-10)17-2/h4-6,10,12H,7-9H2,1-3H3,(H2,18,20)/t10?,12?,16-/m0/s1. The van der Waals surface area contributed by atoms with Gasteiger partial charge in [-0.1, -0.05) is 25.1 Å². The lowest BCUT2D eigenvalue weighted by molar-refractivity contribution is -0.127. The Labute approximate surface area is 142 Å². The molecule has 0 saturated heterocycles. The lowest BCUT2D eigenvalue weighted by atomic mass is 9.67. The highest BCUT2D eigenvalue weighted by molar-refractivity contribution is 8.15. The van der Waals surface area contributed by atoms with Gasteiger partial charge in [0.15, 0.2) is 5.96 Å². The number of allylic oxidation sites excluding steroid dienone is 4. The third-order valence-corrected chi connectivity index (χ3v) is 6.29. The molecule has 23 heavy (non-hydrogen) atoms. The summed E-state index contributed by atoms with van der Waals surface area (Å²) in [5.41, 5.74) is 6.65. The Hall–Kier alpha value is -1.50. The largest absolute Gasteiger partial charge is 0.369 e. The molecule has 0 bridgehead atoms. The molecule has 2 aliphatic heterocycles. The van der Waals surface area contributed by atoms with Crippen molar-refractivity contribution in [3.63, 3.8) is 0 Å². The van der Waals surface area contributed by atoms with Crippen LogP contribution < -0.4 is 5.73 Å². The molecule has 7 heteroatoms. The van der Waals surface area contributed by atoms with Crippen LogP contribution in [0.25, 0.3) is 0 Å². The normalized spacial score (nSPS) is 34.1. The van der Waals surface area contributed by atoms with Crippen molar-refractivity contribution in [1.29, 1.82) is 0 Å². The molecule has 5 nitrogen and oxygen atoms in total. The van der Waals surface area contributed by atoms with E-state index in [4.69, 9.17) is 10.7 Å². The smallest absolute Gasteiger partial charge is 0.231 e. The van der Waals surface area contributed by atoms with Crippen LogP contribution in [0.2, 0.25) is 6.82 Å². The van der Waals surface area contributed by atoms with Crippen molar-refractivity contribution in [2.45, 2.75) is 37.4 Å². The molecule has 3 aliphatic rings. The first-order valence-corrected chi connectivity index (χ1v) is 8.81. The quantitative estimate of drug-likeness (QED) is 0.800. The van der Waals surface area contributed by atoms with Crippen molar-refractivity contribution in [2.24, 2.45) is 21.6 Å². The number of nitrogens with two attached hydrogens (primary N) is 1. The summed E-state index contributed by atoms with van der Waals surface area (Å²) in [5, 5.41) is 1.35. The van der Waals surface area contributed by atoms with Gasteiger partial charge >= 0.3 is 0 Å². The van der Waals surface area contributed by atoms with E-state index in [1.807, 2.05) is 6.92 Å². The highest BCUT2D eigenvalue weighted by Gasteiger charge is 2.43. The minimum Gasteiger partial charge on any atom is -0.369 e. The summed E-state index contributed by atoms with van der Waals surface area (Å²) in [7, 11) is 3.83. The predicted molar refractivity (Wildman–Crippen MR) is 98.0 cm³/mol. The van der Waals surface area contributed by atoms with Gasteiger partial charge in [-0.15, -0.1) is 17.2 Å². The molecule has 0 aromatic rings. The maximum atomic E-state index is 12.1. The van der Waals surface area contributed by atoms with Gasteiger partial charge in [0.1, 0.15) is 12.8 Å². The summed E-state index contributed by atoms with van der Waals surface area (Å²) >= 11 is 1.76. The van der Waals surface area contributed by atoms with E-state index < -0.39 is 5.54 Å². The van der Waals surface area contributed by atoms with Crippen LogP contribution in [0.15, 0.2) is 33.7 Å². The Balaban J connectivity index is 1.72. The predicted octanol–water partition coefficient (Wildman–Crippen LogP) is 1.65. The number of rotatable bonds is 3. The zero-order chi connectivity index (χ0) is 16.6. The fraction of sp³-hybridized carbons (Fsp3) is 0.562. The van der Waals surface area contributed by atoms with Gasteiger partial charge in [0.05, 0.1) is 18.0 Å². The van der Waals surface area contributed by atoms with E-state index >= 15 is 0 Å². The maximum Gasteiger partial charge on any atom is 0.231 e. The third kappa shape index (κ3) is 3.11. The Morgan fingerprint density at radius 2 is 2.30 bits per heavy atom. The SMILES string of the molecule is C[B]C1=CC=CC(C2CN=C([C@]3(C)CC(=O)N(C)C(N)=N3)S2)C1. The molecule has 0 aromatic carbocycles. The second-order valence-electron chi connectivity index (χ2n) is 6.46. The number of guanidine groups is 1. The summed E-state index contributed by atoms with van der Waals surface area (Å²) in [4.78, 5) is 22.8. The van der Waals surface area contributed by atoms with Gasteiger partial charge in [0.25, 0.3) is 0 Å². The van der Waals surface area contributed by atoms with Crippen LogP contribution in [0.1, 0.15) is 19.8 Å². The van der Waals surface area contributed by atoms with Crippen LogP contribution in [0.3, 0.4) is 0 Å². The molecular formula is C16H22BN4OS. The first kappa shape index (κ1) is 16.4. The number of thioether (sulfide) groups is 1. The molecule has 0 aromatic heterocycles. The van der Waals surface area contributed by atoms with E-state index in [1.165, 1.54) is 10.4 Å². The second kappa shape index (κ2) is 6.19. The minimum atomic E-state index is -0.610. The van der Waals surface area contributed by atoms with E-state index in [9.17, 15) is 4.79 Å². The number of hydrogen-bond acceptors (Lipinski definition) is 5. The van der Waals surface area contributed by atoms with Gasteiger partial charge in [-0.3, -0.25) is 14.7 Å². The van der Waals surface area contributed by atoms with Crippen LogP contribution >= 0.6 is 11.8 Å². The summed E-state index contributed by atoms with van der Waals surface area (Å²) in [6, 6.07) is 0. The molecule has 3 rings (SSSR count). The van der Waals surface area contributed by atoms with Crippen molar-refractivity contribution < 1.29 is 4.79 Å². The fourth-order valence-electron chi connectivity index (χ4n) is 3.14. The topological polar surface area (TPSA) is 71.0 Å². The maximum absolute atomic E-state index is 12.1. The fourth-order valence-corrected chi connectivity index (χ4v) is 4.46. The van der Waals surface area contributed by atoms with E-state index in [0.717, 1.165) is 18.0 Å². The Morgan fingerprint density at radius 3 is 3.00 bits per heavy atom.